The van der Waals surface area contributed by atoms with Gasteiger partial charge in [-0.25, -0.2) is 4.98 Å². The van der Waals surface area contributed by atoms with Crippen LogP contribution < -0.4 is 16.4 Å². The van der Waals surface area contributed by atoms with E-state index in [0.29, 0.717) is 18.5 Å². The summed E-state index contributed by atoms with van der Waals surface area (Å²) >= 11 is 0. The van der Waals surface area contributed by atoms with Crippen molar-refractivity contribution >= 4 is 11.9 Å². The smallest absolute Gasteiger partial charge is 0.231 e. The molecule has 4 N–H and O–H groups in total. The number of piperidine rings is 2. The van der Waals surface area contributed by atoms with Crippen LogP contribution in [0.25, 0.3) is 0 Å². The highest BCUT2D eigenvalue weighted by molar-refractivity contribution is 5.80. The van der Waals surface area contributed by atoms with E-state index in [9.17, 15) is 4.79 Å². The fourth-order valence-corrected chi connectivity index (χ4v) is 4.31. The Kier molecular flexibility index (Phi) is 8.71. The molecule has 2 aliphatic rings. The van der Waals surface area contributed by atoms with Gasteiger partial charge in [0.2, 0.25) is 11.8 Å². The van der Waals surface area contributed by atoms with Crippen LogP contribution in [-0.2, 0) is 11.3 Å². The molecule has 0 spiro atoms. The molecule has 2 fully saturated rings. The zero-order valence-electron chi connectivity index (χ0n) is 19.3. The van der Waals surface area contributed by atoms with Gasteiger partial charge in [-0.15, -0.1) is 0 Å². The number of hydrogen-bond donors (Lipinski definition) is 3. The molecule has 3 rings (SSSR count). The van der Waals surface area contributed by atoms with Crippen LogP contribution in [0.5, 0.6) is 0 Å². The van der Waals surface area contributed by atoms with Crippen molar-refractivity contribution < 1.29 is 9.21 Å². The van der Waals surface area contributed by atoms with Gasteiger partial charge in [-0.3, -0.25) is 19.6 Å². The minimum absolute atomic E-state index is 0.252. The second-order valence-electron chi connectivity index (χ2n) is 8.85. The molecule has 0 aromatic carbocycles. The summed E-state index contributed by atoms with van der Waals surface area (Å²) in [7, 11) is 0. The van der Waals surface area contributed by atoms with Gasteiger partial charge in [0, 0.05) is 32.2 Å². The van der Waals surface area contributed by atoms with Gasteiger partial charge in [0.25, 0.3) is 0 Å². The minimum atomic E-state index is -0.252. The van der Waals surface area contributed by atoms with E-state index in [1.165, 1.54) is 0 Å². The van der Waals surface area contributed by atoms with Gasteiger partial charge in [-0.2, -0.15) is 0 Å². The molecule has 0 atom stereocenters. The van der Waals surface area contributed by atoms with E-state index in [0.717, 1.165) is 94.8 Å². The Morgan fingerprint density at radius 2 is 1.84 bits per heavy atom. The first kappa shape index (κ1) is 23.5. The Morgan fingerprint density at radius 3 is 2.42 bits per heavy atom. The van der Waals surface area contributed by atoms with Crippen LogP contribution in [0.2, 0.25) is 0 Å². The average Bonchev–Trinajstić information content (AvgIpc) is 3.05. The summed E-state index contributed by atoms with van der Waals surface area (Å²) in [4.78, 5) is 25.0. The Morgan fingerprint density at radius 1 is 1.16 bits per heavy atom. The second-order valence-corrected chi connectivity index (χ2v) is 8.85. The van der Waals surface area contributed by atoms with E-state index in [1.807, 2.05) is 13.8 Å². The summed E-state index contributed by atoms with van der Waals surface area (Å²) in [5, 5.41) is 6.97. The maximum atomic E-state index is 11.1. The molecule has 1 amide bonds. The van der Waals surface area contributed by atoms with Gasteiger partial charge in [0.1, 0.15) is 5.76 Å². The first-order valence-corrected chi connectivity index (χ1v) is 11.6. The van der Waals surface area contributed by atoms with Crippen LogP contribution in [0.15, 0.2) is 9.41 Å². The number of nitrogens with zero attached hydrogens (tertiary/aromatic N) is 4. The fraction of sp³-hybridized carbons (Fsp3) is 0.773. The molecule has 0 unspecified atom stereocenters. The Balaban J connectivity index is 1.41. The Hall–Kier alpha value is -2.13. The van der Waals surface area contributed by atoms with E-state index < -0.39 is 0 Å². The van der Waals surface area contributed by atoms with Crippen LogP contribution in [0.3, 0.4) is 0 Å². The van der Waals surface area contributed by atoms with Crippen molar-refractivity contribution in [1.82, 2.24) is 25.4 Å². The largest absolute Gasteiger partial charge is 0.444 e. The zero-order chi connectivity index (χ0) is 22.2. The van der Waals surface area contributed by atoms with E-state index >= 15 is 0 Å². The van der Waals surface area contributed by atoms with Crippen molar-refractivity contribution in [2.24, 2.45) is 16.6 Å². The van der Waals surface area contributed by atoms with Gasteiger partial charge in [-0.05, 0) is 65.5 Å². The molecule has 0 bridgehead atoms. The first-order chi connectivity index (χ1) is 14.9. The number of guanidine groups is 1. The number of nitrogens with two attached hydrogens (primary N) is 1. The minimum Gasteiger partial charge on any atom is -0.444 e. The summed E-state index contributed by atoms with van der Waals surface area (Å²) in [6.07, 6.45) is 4.28. The predicted octanol–water partition coefficient (Wildman–Crippen LogP) is 1.01. The van der Waals surface area contributed by atoms with Crippen molar-refractivity contribution in [2.45, 2.75) is 59.0 Å². The normalized spacial score (nSPS) is 20.2. The maximum Gasteiger partial charge on any atom is 0.231 e. The molecule has 2 saturated heterocycles. The van der Waals surface area contributed by atoms with Crippen LogP contribution in [-0.4, -0.2) is 78.5 Å². The summed E-state index contributed by atoms with van der Waals surface area (Å²) in [6.45, 7) is 12.8. The van der Waals surface area contributed by atoms with Crippen LogP contribution in [0, 0.1) is 19.8 Å². The number of amides is 1. The standard InChI is InChI=1S/C22H39N7O2/c1-4-24-22(27-19-7-11-28(12-8-19)14-20(23)30)25-13-18-5-9-29(10-6-18)15-21-26-16(2)17(3)31-21/h18-19H,4-15H2,1-3H3,(H2,23,30)(H2,24,25,27). The summed E-state index contributed by atoms with van der Waals surface area (Å²) in [6, 6.07) is 0.386. The quantitative estimate of drug-likeness (QED) is 0.414. The molecule has 3 heterocycles. The maximum absolute atomic E-state index is 11.1. The van der Waals surface area contributed by atoms with Crippen molar-refractivity contribution in [3.8, 4) is 0 Å². The lowest BCUT2D eigenvalue weighted by Gasteiger charge is -2.32. The first-order valence-electron chi connectivity index (χ1n) is 11.6. The molecule has 9 nitrogen and oxygen atoms in total. The lowest BCUT2D eigenvalue weighted by atomic mass is 9.97. The van der Waals surface area contributed by atoms with E-state index in [-0.39, 0.29) is 5.91 Å². The third-order valence-corrected chi connectivity index (χ3v) is 6.30. The van der Waals surface area contributed by atoms with Crippen molar-refractivity contribution in [3.63, 3.8) is 0 Å². The molecule has 0 radical (unpaired) electrons. The Labute approximate surface area is 185 Å². The molecule has 31 heavy (non-hydrogen) atoms. The van der Waals surface area contributed by atoms with E-state index in [2.05, 4.69) is 32.3 Å². The molecule has 174 valence electrons. The number of aromatic nitrogens is 1. The molecule has 1 aromatic heterocycles. The number of hydrogen-bond acceptors (Lipinski definition) is 6. The number of aryl methyl sites for hydroxylation is 2. The fourth-order valence-electron chi connectivity index (χ4n) is 4.31. The van der Waals surface area contributed by atoms with Gasteiger partial charge >= 0.3 is 0 Å². The zero-order valence-corrected chi connectivity index (χ0v) is 19.3. The number of nitrogens with one attached hydrogen (secondary N) is 2. The molecule has 2 aliphatic heterocycles. The SMILES string of the molecule is CCNC(=NCC1CCN(Cc2nc(C)c(C)o2)CC1)NC1CCN(CC(N)=O)CC1. The number of carbonyl (C=O) groups excluding carboxylic acids is 1. The number of likely N-dealkylation sites (tertiary alicyclic amines) is 2. The topological polar surface area (TPSA) is 112 Å². The molecule has 9 heteroatoms. The summed E-state index contributed by atoms with van der Waals surface area (Å²) < 4.78 is 5.73. The number of aliphatic imine (C=N–C) groups is 1. The monoisotopic (exact) mass is 433 g/mol. The third-order valence-electron chi connectivity index (χ3n) is 6.30. The van der Waals surface area contributed by atoms with Gasteiger partial charge in [-0.1, -0.05) is 0 Å². The van der Waals surface area contributed by atoms with E-state index in [4.69, 9.17) is 15.1 Å². The Bertz CT molecular complexity index is 713. The predicted molar refractivity (Wildman–Crippen MR) is 122 cm³/mol. The van der Waals surface area contributed by atoms with Gasteiger partial charge < -0.3 is 20.8 Å². The van der Waals surface area contributed by atoms with E-state index in [1.54, 1.807) is 0 Å². The van der Waals surface area contributed by atoms with Crippen LogP contribution in [0.4, 0.5) is 0 Å². The number of primary amides is 1. The number of carbonyl (C=O) groups is 1. The van der Waals surface area contributed by atoms with Crippen molar-refractivity contribution in [3.05, 3.63) is 17.3 Å². The number of rotatable bonds is 8. The molecule has 0 aliphatic carbocycles. The molecular formula is C22H39N7O2. The molecule has 0 saturated carbocycles. The summed E-state index contributed by atoms with van der Waals surface area (Å²) in [5.74, 6) is 3.01. The van der Waals surface area contributed by atoms with Crippen LogP contribution >= 0.6 is 0 Å². The highest BCUT2D eigenvalue weighted by Crippen LogP contribution is 2.20. The summed E-state index contributed by atoms with van der Waals surface area (Å²) in [5.41, 5.74) is 6.29. The highest BCUT2D eigenvalue weighted by Gasteiger charge is 2.23. The van der Waals surface area contributed by atoms with Gasteiger partial charge in [0.05, 0.1) is 18.8 Å². The van der Waals surface area contributed by atoms with Crippen molar-refractivity contribution in [1.29, 1.82) is 0 Å². The molecular weight excluding hydrogens is 394 g/mol. The average molecular weight is 434 g/mol. The van der Waals surface area contributed by atoms with Gasteiger partial charge in [0.15, 0.2) is 5.96 Å². The highest BCUT2D eigenvalue weighted by atomic mass is 16.4. The second kappa shape index (κ2) is 11.5. The lowest BCUT2D eigenvalue weighted by Crippen LogP contribution is -2.50. The number of oxazole rings is 1. The molecule has 1 aromatic rings. The van der Waals surface area contributed by atoms with Crippen molar-refractivity contribution in [2.75, 3.05) is 45.8 Å². The third kappa shape index (κ3) is 7.50. The van der Waals surface area contributed by atoms with Crippen LogP contribution in [0.1, 0.15) is 50.0 Å². The lowest BCUT2D eigenvalue weighted by molar-refractivity contribution is -0.119.